The van der Waals surface area contributed by atoms with Gasteiger partial charge in [0.2, 0.25) is 5.91 Å². The Morgan fingerprint density at radius 1 is 1.26 bits per heavy atom. The Morgan fingerprint density at radius 3 is 2.65 bits per heavy atom. The lowest BCUT2D eigenvalue weighted by molar-refractivity contribution is -0.135. The van der Waals surface area contributed by atoms with Gasteiger partial charge in [0.15, 0.2) is 0 Å². The molecule has 1 N–H and O–H groups in total. The summed E-state index contributed by atoms with van der Waals surface area (Å²) in [5.41, 5.74) is 2.48. The summed E-state index contributed by atoms with van der Waals surface area (Å²) in [6.07, 6.45) is 5.63. The van der Waals surface area contributed by atoms with Gasteiger partial charge < -0.3 is 10.2 Å². The SMILES string of the molecule is CN(C(=O)CNC(=O)c1ccc2c(c1)CCC2)C1(C#N)CCC1. The molecule has 5 heteroatoms. The molecule has 0 atom stereocenters. The highest BCUT2D eigenvalue weighted by Gasteiger charge is 2.43. The number of carbonyl (C=O) groups is 2. The highest BCUT2D eigenvalue weighted by atomic mass is 16.2. The minimum Gasteiger partial charge on any atom is -0.343 e. The Kier molecular flexibility index (Phi) is 4.08. The van der Waals surface area contributed by atoms with Gasteiger partial charge in [0.1, 0.15) is 5.54 Å². The Balaban J connectivity index is 1.59. The molecule has 1 saturated carbocycles. The number of aryl methyl sites for hydroxylation is 2. The van der Waals surface area contributed by atoms with Gasteiger partial charge in [0.05, 0.1) is 12.6 Å². The third-order valence-electron chi connectivity index (χ3n) is 5.17. The van der Waals surface area contributed by atoms with E-state index in [0.29, 0.717) is 18.4 Å². The summed E-state index contributed by atoms with van der Waals surface area (Å²) in [4.78, 5) is 25.9. The van der Waals surface area contributed by atoms with Crippen molar-refractivity contribution in [1.82, 2.24) is 10.2 Å². The van der Waals surface area contributed by atoms with E-state index in [1.54, 1.807) is 7.05 Å². The van der Waals surface area contributed by atoms with E-state index in [4.69, 9.17) is 0 Å². The number of nitrogens with one attached hydrogen (secondary N) is 1. The Hall–Kier alpha value is -2.35. The zero-order valence-corrected chi connectivity index (χ0v) is 13.4. The quantitative estimate of drug-likeness (QED) is 0.921. The summed E-state index contributed by atoms with van der Waals surface area (Å²) in [5.74, 6) is -0.457. The Labute approximate surface area is 136 Å². The molecular formula is C18H21N3O2. The fourth-order valence-electron chi connectivity index (χ4n) is 3.36. The zero-order valence-electron chi connectivity index (χ0n) is 13.4. The molecule has 2 aliphatic rings. The Morgan fingerprint density at radius 2 is 2.00 bits per heavy atom. The van der Waals surface area contributed by atoms with Crippen LogP contribution in [0.5, 0.6) is 0 Å². The number of fused-ring (bicyclic) bond motifs is 1. The molecule has 1 fully saturated rings. The molecule has 120 valence electrons. The van der Waals surface area contributed by atoms with Crippen molar-refractivity contribution in [3.05, 3.63) is 34.9 Å². The van der Waals surface area contributed by atoms with Crippen LogP contribution in [0.1, 0.15) is 47.2 Å². The second-order valence-electron chi connectivity index (χ2n) is 6.47. The average molecular weight is 311 g/mol. The van der Waals surface area contributed by atoms with E-state index >= 15 is 0 Å². The van der Waals surface area contributed by atoms with E-state index in [1.165, 1.54) is 16.0 Å². The third-order valence-corrected chi connectivity index (χ3v) is 5.17. The number of hydrogen-bond acceptors (Lipinski definition) is 3. The van der Waals surface area contributed by atoms with Crippen molar-refractivity contribution in [2.75, 3.05) is 13.6 Å². The van der Waals surface area contributed by atoms with E-state index < -0.39 is 5.54 Å². The molecule has 0 radical (unpaired) electrons. The standard InChI is InChI=1S/C18H21N3O2/c1-21(18(12-19)8-3-9-18)16(22)11-20-17(23)15-7-6-13-4-2-5-14(13)10-15/h6-7,10H,2-5,8-9,11H2,1H3,(H,20,23). The molecule has 5 nitrogen and oxygen atoms in total. The molecule has 0 bridgehead atoms. The average Bonchev–Trinajstić information content (AvgIpc) is 2.99. The molecule has 1 aromatic rings. The number of rotatable bonds is 4. The maximum atomic E-state index is 12.2. The number of carbonyl (C=O) groups excluding carboxylic acids is 2. The van der Waals surface area contributed by atoms with Crippen LogP contribution in [-0.4, -0.2) is 35.8 Å². The summed E-state index contributed by atoms with van der Waals surface area (Å²) in [6, 6.07) is 7.98. The predicted molar refractivity (Wildman–Crippen MR) is 85.8 cm³/mol. The van der Waals surface area contributed by atoms with Crippen molar-refractivity contribution in [1.29, 1.82) is 5.26 Å². The van der Waals surface area contributed by atoms with Crippen molar-refractivity contribution in [3.8, 4) is 6.07 Å². The van der Waals surface area contributed by atoms with Gasteiger partial charge in [0, 0.05) is 12.6 Å². The predicted octanol–water partition coefficient (Wildman–Crippen LogP) is 1.81. The van der Waals surface area contributed by atoms with E-state index in [0.717, 1.165) is 25.7 Å². The molecule has 1 aromatic carbocycles. The third kappa shape index (κ3) is 2.81. The van der Waals surface area contributed by atoms with Crippen LogP contribution in [-0.2, 0) is 17.6 Å². The van der Waals surface area contributed by atoms with Crippen LogP contribution in [0.15, 0.2) is 18.2 Å². The lowest BCUT2D eigenvalue weighted by Crippen LogP contribution is -2.55. The number of amides is 2. The fourth-order valence-corrected chi connectivity index (χ4v) is 3.36. The van der Waals surface area contributed by atoms with Crippen molar-refractivity contribution in [2.24, 2.45) is 0 Å². The molecule has 0 unspecified atom stereocenters. The number of nitriles is 1. The van der Waals surface area contributed by atoms with E-state index in [9.17, 15) is 14.9 Å². The molecular weight excluding hydrogens is 290 g/mol. The maximum absolute atomic E-state index is 12.2. The maximum Gasteiger partial charge on any atom is 0.251 e. The number of benzene rings is 1. The first-order valence-electron chi connectivity index (χ1n) is 8.14. The van der Waals surface area contributed by atoms with Crippen molar-refractivity contribution >= 4 is 11.8 Å². The molecule has 3 rings (SSSR count). The monoisotopic (exact) mass is 311 g/mol. The number of nitrogens with zero attached hydrogens (tertiary/aromatic N) is 2. The summed E-state index contributed by atoms with van der Waals surface area (Å²) in [7, 11) is 1.65. The van der Waals surface area contributed by atoms with Crippen LogP contribution >= 0.6 is 0 Å². The molecule has 0 heterocycles. The Bertz CT molecular complexity index is 686. The van der Waals surface area contributed by atoms with Gasteiger partial charge in [-0.2, -0.15) is 5.26 Å². The molecule has 0 spiro atoms. The largest absolute Gasteiger partial charge is 0.343 e. The van der Waals surface area contributed by atoms with Crippen molar-refractivity contribution in [3.63, 3.8) is 0 Å². The highest BCUT2D eigenvalue weighted by Crippen LogP contribution is 2.36. The van der Waals surface area contributed by atoms with Crippen LogP contribution in [0.4, 0.5) is 0 Å². The zero-order chi connectivity index (χ0) is 16.4. The lowest BCUT2D eigenvalue weighted by Gasteiger charge is -2.42. The smallest absolute Gasteiger partial charge is 0.251 e. The normalized spacial score (nSPS) is 17.6. The van der Waals surface area contributed by atoms with Gasteiger partial charge in [-0.25, -0.2) is 0 Å². The minimum absolute atomic E-state index is 0.0736. The van der Waals surface area contributed by atoms with E-state index in [2.05, 4.69) is 11.4 Å². The van der Waals surface area contributed by atoms with Crippen LogP contribution in [0.25, 0.3) is 0 Å². The second kappa shape index (κ2) is 6.04. The van der Waals surface area contributed by atoms with Crippen LogP contribution in [0.2, 0.25) is 0 Å². The van der Waals surface area contributed by atoms with Gasteiger partial charge in [-0.05, 0) is 61.8 Å². The minimum atomic E-state index is -0.671. The lowest BCUT2D eigenvalue weighted by atomic mass is 9.76. The van der Waals surface area contributed by atoms with Crippen LogP contribution in [0, 0.1) is 11.3 Å². The molecule has 0 aromatic heterocycles. The van der Waals surface area contributed by atoms with Crippen molar-refractivity contribution in [2.45, 2.75) is 44.1 Å². The fraction of sp³-hybridized carbons (Fsp3) is 0.500. The van der Waals surface area contributed by atoms with Gasteiger partial charge in [-0.1, -0.05) is 6.07 Å². The van der Waals surface area contributed by atoms with Crippen LogP contribution in [0.3, 0.4) is 0 Å². The number of hydrogen-bond donors (Lipinski definition) is 1. The van der Waals surface area contributed by atoms with Crippen molar-refractivity contribution < 1.29 is 9.59 Å². The summed E-state index contributed by atoms with van der Waals surface area (Å²) >= 11 is 0. The topological polar surface area (TPSA) is 73.2 Å². The summed E-state index contributed by atoms with van der Waals surface area (Å²) < 4.78 is 0. The first-order chi connectivity index (χ1) is 11.1. The summed E-state index contributed by atoms with van der Waals surface area (Å²) in [6.45, 7) is -0.0736. The van der Waals surface area contributed by atoms with Crippen LogP contribution < -0.4 is 5.32 Å². The number of likely N-dealkylation sites (N-methyl/N-ethyl adjacent to an activating group) is 1. The molecule has 0 saturated heterocycles. The van der Waals surface area contributed by atoms with Gasteiger partial charge in [-0.15, -0.1) is 0 Å². The molecule has 2 amide bonds. The van der Waals surface area contributed by atoms with E-state index in [1.807, 2.05) is 18.2 Å². The molecule has 23 heavy (non-hydrogen) atoms. The first kappa shape index (κ1) is 15.5. The second-order valence-corrected chi connectivity index (χ2v) is 6.47. The molecule has 2 aliphatic carbocycles. The van der Waals surface area contributed by atoms with E-state index in [-0.39, 0.29) is 18.4 Å². The summed E-state index contributed by atoms with van der Waals surface area (Å²) in [5, 5.41) is 11.9. The van der Waals surface area contributed by atoms with Gasteiger partial charge >= 0.3 is 0 Å². The van der Waals surface area contributed by atoms with Gasteiger partial charge in [0.25, 0.3) is 5.91 Å². The first-order valence-corrected chi connectivity index (χ1v) is 8.14. The highest BCUT2D eigenvalue weighted by molar-refractivity contribution is 5.96. The van der Waals surface area contributed by atoms with Gasteiger partial charge in [-0.3, -0.25) is 9.59 Å². The molecule has 0 aliphatic heterocycles.